The summed E-state index contributed by atoms with van der Waals surface area (Å²) in [4.78, 5) is 19.8. The molecular weight excluding hydrogens is 538 g/mol. The fourth-order valence-electron chi connectivity index (χ4n) is 7.20. The Morgan fingerprint density at radius 1 is 0.545 bits per heavy atom. The number of benzene rings is 5. The minimum absolute atomic E-state index is 0.295. The Morgan fingerprint density at radius 2 is 1.18 bits per heavy atom. The Kier molecular flexibility index (Phi) is 5.18. The van der Waals surface area contributed by atoms with Crippen molar-refractivity contribution in [2.45, 2.75) is 19.3 Å². The van der Waals surface area contributed by atoms with E-state index < -0.39 is 0 Å². The monoisotopic (exact) mass is 565 g/mol. The Bertz CT molecular complexity index is 2350. The van der Waals surface area contributed by atoms with E-state index in [1.165, 1.54) is 43.8 Å². The maximum atomic E-state index is 5.17. The highest BCUT2D eigenvalue weighted by molar-refractivity contribution is 6.13. The number of hydrogen-bond acceptors (Lipinski definition) is 4. The summed E-state index contributed by atoms with van der Waals surface area (Å²) in [5.74, 6) is 1.90. The summed E-state index contributed by atoms with van der Waals surface area (Å²) < 4.78 is 2.26. The van der Waals surface area contributed by atoms with Crippen molar-refractivity contribution in [2.24, 2.45) is 0 Å². The molecule has 0 unspecified atom stereocenters. The SMILES string of the molecule is CC1(C)c2c(ccc3ccncc23)-c2ccc3c4ccccc4n(-c4nc(-c5ccccc5)nc(-c5ccccc5)n4)c3c21. The molecule has 0 saturated carbocycles. The van der Waals surface area contributed by atoms with Gasteiger partial charge in [0.05, 0.1) is 11.0 Å². The minimum atomic E-state index is -0.295. The molecule has 208 valence electrons. The van der Waals surface area contributed by atoms with Crippen molar-refractivity contribution in [3.05, 3.63) is 139 Å². The van der Waals surface area contributed by atoms with Gasteiger partial charge < -0.3 is 0 Å². The minimum Gasteiger partial charge on any atom is -0.277 e. The number of fused-ring (bicyclic) bond motifs is 9. The molecule has 1 aliphatic carbocycles. The predicted molar refractivity (Wildman–Crippen MR) is 178 cm³/mol. The lowest BCUT2D eigenvalue weighted by Gasteiger charge is -2.24. The Hall–Kier alpha value is -5.68. The molecule has 5 nitrogen and oxygen atoms in total. The van der Waals surface area contributed by atoms with Crippen LogP contribution in [0.25, 0.3) is 72.4 Å². The smallest absolute Gasteiger partial charge is 0.238 e. The molecule has 3 aromatic heterocycles. The van der Waals surface area contributed by atoms with Crippen molar-refractivity contribution < 1.29 is 0 Å². The maximum absolute atomic E-state index is 5.17. The molecule has 1 aliphatic rings. The average Bonchev–Trinajstić information content (AvgIpc) is 3.54. The lowest BCUT2D eigenvalue weighted by atomic mass is 9.80. The summed E-state index contributed by atoms with van der Waals surface area (Å²) in [6.45, 7) is 4.67. The third-order valence-electron chi connectivity index (χ3n) is 9.09. The lowest BCUT2D eigenvalue weighted by Crippen LogP contribution is -2.17. The number of nitrogens with zero attached hydrogens (tertiary/aromatic N) is 5. The Balaban J connectivity index is 1.41. The van der Waals surface area contributed by atoms with E-state index in [0.717, 1.165) is 22.2 Å². The van der Waals surface area contributed by atoms with Crippen LogP contribution in [0.15, 0.2) is 128 Å². The van der Waals surface area contributed by atoms with E-state index in [9.17, 15) is 0 Å². The maximum Gasteiger partial charge on any atom is 0.238 e. The zero-order chi connectivity index (χ0) is 29.4. The second-order valence-corrected chi connectivity index (χ2v) is 12.0. The number of para-hydroxylation sites is 1. The van der Waals surface area contributed by atoms with E-state index in [0.29, 0.717) is 17.6 Å². The molecule has 0 fully saturated rings. The lowest BCUT2D eigenvalue weighted by molar-refractivity contribution is 0.669. The summed E-state index contributed by atoms with van der Waals surface area (Å²) in [7, 11) is 0. The summed E-state index contributed by atoms with van der Waals surface area (Å²) >= 11 is 0. The number of aromatic nitrogens is 5. The van der Waals surface area contributed by atoms with Gasteiger partial charge in [0.1, 0.15) is 0 Å². The highest BCUT2D eigenvalue weighted by Crippen LogP contribution is 2.54. The van der Waals surface area contributed by atoms with E-state index >= 15 is 0 Å². The van der Waals surface area contributed by atoms with Gasteiger partial charge in [0.25, 0.3) is 0 Å². The Morgan fingerprint density at radius 3 is 1.91 bits per heavy atom. The standard InChI is InChI=1S/C39H27N5/c1-39(2)33-28(18-17-24-21-22-40-23-31(24)33)29-19-20-30-27-15-9-10-16-32(27)44(35(30)34(29)39)38-42-36(25-11-5-3-6-12-25)41-37(43-38)26-13-7-4-8-14-26/h3-23H,1-2H3. The highest BCUT2D eigenvalue weighted by Gasteiger charge is 2.40. The molecule has 44 heavy (non-hydrogen) atoms. The molecule has 3 heterocycles. The van der Waals surface area contributed by atoms with Gasteiger partial charge in [-0.3, -0.25) is 9.55 Å². The molecule has 5 aromatic carbocycles. The molecule has 0 atom stereocenters. The normalized spacial score (nSPS) is 13.4. The summed E-state index contributed by atoms with van der Waals surface area (Å²) in [5, 5.41) is 4.76. The summed E-state index contributed by atoms with van der Waals surface area (Å²) in [5.41, 5.74) is 8.90. The van der Waals surface area contributed by atoms with Gasteiger partial charge in [-0.1, -0.05) is 117 Å². The quantitative estimate of drug-likeness (QED) is 0.214. The first-order valence-corrected chi connectivity index (χ1v) is 14.9. The third kappa shape index (κ3) is 3.47. The van der Waals surface area contributed by atoms with Crippen LogP contribution in [0.3, 0.4) is 0 Å². The van der Waals surface area contributed by atoms with Crippen LogP contribution < -0.4 is 0 Å². The largest absolute Gasteiger partial charge is 0.277 e. The van der Waals surface area contributed by atoms with Gasteiger partial charge in [-0.2, -0.15) is 9.97 Å². The zero-order valence-electron chi connectivity index (χ0n) is 24.4. The number of rotatable bonds is 3. The Labute approximate surface area is 254 Å². The van der Waals surface area contributed by atoms with E-state index in [2.05, 4.69) is 102 Å². The first-order valence-electron chi connectivity index (χ1n) is 14.9. The zero-order valence-corrected chi connectivity index (χ0v) is 24.4. The molecule has 0 bridgehead atoms. The molecule has 8 aromatic rings. The van der Waals surface area contributed by atoms with Crippen LogP contribution >= 0.6 is 0 Å². The molecule has 5 heteroatoms. The van der Waals surface area contributed by atoms with Gasteiger partial charge in [-0.15, -0.1) is 0 Å². The molecule has 0 amide bonds. The summed E-state index contributed by atoms with van der Waals surface area (Å²) in [6, 6.07) is 40.0. The fraction of sp³-hybridized carbons (Fsp3) is 0.0769. The van der Waals surface area contributed by atoms with Crippen molar-refractivity contribution in [1.82, 2.24) is 24.5 Å². The van der Waals surface area contributed by atoms with Gasteiger partial charge in [0, 0.05) is 45.1 Å². The van der Waals surface area contributed by atoms with E-state index in [1.807, 2.05) is 48.8 Å². The number of hydrogen-bond donors (Lipinski definition) is 0. The van der Waals surface area contributed by atoms with E-state index in [4.69, 9.17) is 15.0 Å². The topological polar surface area (TPSA) is 56.5 Å². The second kappa shape index (κ2) is 9.16. The summed E-state index contributed by atoms with van der Waals surface area (Å²) in [6.07, 6.45) is 3.88. The van der Waals surface area contributed by atoms with Crippen LogP contribution in [0.2, 0.25) is 0 Å². The van der Waals surface area contributed by atoms with Crippen LogP contribution in [0.1, 0.15) is 25.0 Å². The van der Waals surface area contributed by atoms with Crippen molar-refractivity contribution in [1.29, 1.82) is 0 Å². The second-order valence-electron chi connectivity index (χ2n) is 12.0. The van der Waals surface area contributed by atoms with Crippen LogP contribution in [0.5, 0.6) is 0 Å². The van der Waals surface area contributed by atoms with Crippen LogP contribution in [0, 0.1) is 0 Å². The average molecular weight is 566 g/mol. The van der Waals surface area contributed by atoms with Crippen molar-refractivity contribution >= 4 is 32.6 Å². The highest BCUT2D eigenvalue weighted by atomic mass is 15.2. The van der Waals surface area contributed by atoms with Crippen LogP contribution in [-0.2, 0) is 5.41 Å². The molecule has 0 radical (unpaired) electrons. The van der Waals surface area contributed by atoms with Crippen molar-refractivity contribution in [3.8, 4) is 39.9 Å². The van der Waals surface area contributed by atoms with Crippen molar-refractivity contribution in [2.75, 3.05) is 0 Å². The predicted octanol–water partition coefficient (Wildman–Crippen LogP) is 9.16. The molecule has 0 saturated heterocycles. The van der Waals surface area contributed by atoms with E-state index in [1.54, 1.807) is 0 Å². The fourth-order valence-corrected chi connectivity index (χ4v) is 7.20. The molecule has 0 aliphatic heterocycles. The first-order chi connectivity index (χ1) is 21.6. The van der Waals surface area contributed by atoms with Gasteiger partial charge in [0.2, 0.25) is 5.95 Å². The molecule has 0 spiro atoms. The third-order valence-corrected chi connectivity index (χ3v) is 9.09. The van der Waals surface area contributed by atoms with Gasteiger partial charge in [-0.05, 0) is 39.8 Å². The number of pyridine rings is 1. The molecular formula is C39H27N5. The van der Waals surface area contributed by atoms with Gasteiger partial charge in [0.15, 0.2) is 11.6 Å². The van der Waals surface area contributed by atoms with Crippen molar-refractivity contribution in [3.63, 3.8) is 0 Å². The van der Waals surface area contributed by atoms with Gasteiger partial charge >= 0.3 is 0 Å². The first kappa shape index (κ1) is 24.9. The molecule has 9 rings (SSSR count). The molecule has 0 N–H and O–H groups in total. The van der Waals surface area contributed by atoms with Crippen LogP contribution in [0.4, 0.5) is 0 Å². The van der Waals surface area contributed by atoms with Crippen LogP contribution in [-0.4, -0.2) is 24.5 Å². The van der Waals surface area contributed by atoms with Gasteiger partial charge in [-0.25, -0.2) is 4.98 Å². The van der Waals surface area contributed by atoms with E-state index in [-0.39, 0.29) is 5.41 Å².